The van der Waals surface area contributed by atoms with Crippen molar-refractivity contribution in [1.29, 1.82) is 0 Å². The van der Waals surface area contributed by atoms with Crippen LogP contribution in [0, 0.1) is 0 Å². The summed E-state index contributed by atoms with van der Waals surface area (Å²) in [6.45, 7) is 4.47. The molecule has 1 aromatic rings. The Balaban J connectivity index is 2.12. The molecule has 0 aliphatic carbocycles. The van der Waals surface area contributed by atoms with E-state index in [0.29, 0.717) is 13.0 Å². The Morgan fingerprint density at radius 1 is 1.64 bits per heavy atom. The summed E-state index contributed by atoms with van der Waals surface area (Å²) in [5.74, 6) is 0.0528. The number of rotatable bonds is 5. The van der Waals surface area contributed by atoms with Crippen LogP contribution in [-0.4, -0.2) is 27.9 Å². The zero-order chi connectivity index (χ0) is 10.4. The largest absolute Gasteiger partial charge is 0.360 e. The van der Waals surface area contributed by atoms with Gasteiger partial charge in [0.15, 0.2) is 0 Å². The molecule has 0 fully saturated rings. The first-order chi connectivity index (χ1) is 6.68. The molecule has 0 spiro atoms. The van der Waals surface area contributed by atoms with Crippen molar-refractivity contribution in [3.63, 3.8) is 0 Å². The first kappa shape index (κ1) is 10.9. The van der Waals surface area contributed by atoms with Crippen molar-refractivity contribution in [2.24, 2.45) is 0 Å². The van der Waals surface area contributed by atoms with Gasteiger partial charge < -0.3 is 10.6 Å². The number of nitrogens with zero attached hydrogens (tertiary/aromatic N) is 2. The minimum absolute atomic E-state index is 0.0528. The van der Waals surface area contributed by atoms with Crippen LogP contribution in [0.3, 0.4) is 0 Å². The number of nitrogens with one attached hydrogen (secondary N) is 2. The highest BCUT2D eigenvalue weighted by atomic mass is 32.1. The number of amides is 1. The predicted octanol–water partition coefficient (Wildman–Crippen LogP) is 0.865. The Morgan fingerprint density at radius 3 is 3.00 bits per heavy atom. The Kier molecular flexibility index (Phi) is 4.31. The van der Waals surface area contributed by atoms with E-state index < -0.39 is 0 Å². The molecule has 1 aromatic heterocycles. The highest BCUT2D eigenvalue weighted by molar-refractivity contribution is 7.09. The van der Waals surface area contributed by atoms with Gasteiger partial charge in [0, 0.05) is 30.5 Å². The lowest BCUT2D eigenvalue weighted by Crippen LogP contribution is -2.31. The van der Waals surface area contributed by atoms with E-state index >= 15 is 0 Å². The lowest BCUT2D eigenvalue weighted by Gasteiger charge is -2.07. The van der Waals surface area contributed by atoms with Gasteiger partial charge in [-0.2, -0.15) is 4.37 Å². The van der Waals surface area contributed by atoms with Crippen LogP contribution in [-0.2, 0) is 4.79 Å². The molecule has 0 radical (unpaired) electrons. The SMILES string of the molecule is CC(C)NC(=O)CCNc1ncns1. The maximum atomic E-state index is 11.2. The lowest BCUT2D eigenvalue weighted by molar-refractivity contribution is -0.121. The summed E-state index contributed by atoms with van der Waals surface area (Å²) in [6, 6.07) is 0.198. The average molecular weight is 214 g/mol. The second kappa shape index (κ2) is 5.54. The molecule has 2 N–H and O–H groups in total. The molecule has 6 heteroatoms. The normalized spacial score (nSPS) is 10.2. The molecule has 0 aromatic carbocycles. The van der Waals surface area contributed by atoms with Crippen LogP contribution >= 0.6 is 11.5 Å². The first-order valence-electron chi connectivity index (χ1n) is 4.48. The van der Waals surface area contributed by atoms with Crippen molar-refractivity contribution < 1.29 is 4.79 Å². The van der Waals surface area contributed by atoms with Gasteiger partial charge in [0.05, 0.1) is 0 Å². The first-order valence-corrected chi connectivity index (χ1v) is 5.25. The fourth-order valence-electron chi connectivity index (χ4n) is 0.928. The van der Waals surface area contributed by atoms with Gasteiger partial charge in [-0.15, -0.1) is 0 Å². The van der Waals surface area contributed by atoms with Gasteiger partial charge in [0.25, 0.3) is 0 Å². The Labute approximate surface area is 87.1 Å². The quantitative estimate of drug-likeness (QED) is 0.763. The fourth-order valence-corrected chi connectivity index (χ4v) is 1.38. The number of carbonyl (C=O) groups excluding carboxylic acids is 1. The van der Waals surface area contributed by atoms with Crippen molar-refractivity contribution in [3.05, 3.63) is 6.33 Å². The van der Waals surface area contributed by atoms with E-state index in [1.165, 1.54) is 17.9 Å². The summed E-state index contributed by atoms with van der Waals surface area (Å²) in [6.07, 6.45) is 1.94. The van der Waals surface area contributed by atoms with Crippen molar-refractivity contribution in [1.82, 2.24) is 14.7 Å². The monoisotopic (exact) mass is 214 g/mol. The van der Waals surface area contributed by atoms with Crippen LogP contribution < -0.4 is 10.6 Å². The van der Waals surface area contributed by atoms with Crippen LogP contribution in [0.25, 0.3) is 0 Å². The van der Waals surface area contributed by atoms with Crippen molar-refractivity contribution in [2.45, 2.75) is 26.3 Å². The molecule has 0 atom stereocenters. The molecule has 1 amide bonds. The van der Waals surface area contributed by atoms with Gasteiger partial charge in [0.1, 0.15) is 6.33 Å². The zero-order valence-electron chi connectivity index (χ0n) is 8.28. The minimum atomic E-state index is 0.0528. The third-order valence-corrected chi connectivity index (χ3v) is 2.06. The van der Waals surface area contributed by atoms with Crippen LogP contribution in [0.4, 0.5) is 5.13 Å². The summed E-state index contributed by atoms with van der Waals surface area (Å²) in [5, 5.41) is 6.58. The summed E-state index contributed by atoms with van der Waals surface area (Å²) < 4.78 is 3.84. The highest BCUT2D eigenvalue weighted by Gasteiger charge is 2.02. The molecule has 78 valence electrons. The molecule has 0 saturated heterocycles. The van der Waals surface area contributed by atoms with Crippen LogP contribution in [0.1, 0.15) is 20.3 Å². The topological polar surface area (TPSA) is 66.9 Å². The summed E-state index contributed by atoms with van der Waals surface area (Å²) in [7, 11) is 0. The van der Waals surface area contributed by atoms with E-state index in [9.17, 15) is 4.79 Å². The second-order valence-corrected chi connectivity index (χ2v) is 3.93. The standard InChI is InChI=1S/C8H14N4OS/c1-6(2)12-7(13)3-4-9-8-10-5-11-14-8/h5-6H,3-4H2,1-2H3,(H,12,13)(H,9,10,11). The Hall–Kier alpha value is -1.17. The van der Waals surface area contributed by atoms with Crippen molar-refractivity contribution >= 4 is 22.6 Å². The minimum Gasteiger partial charge on any atom is -0.360 e. The number of hydrogen-bond donors (Lipinski definition) is 2. The highest BCUT2D eigenvalue weighted by Crippen LogP contribution is 2.05. The van der Waals surface area contributed by atoms with Gasteiger partial charge in [-0.25, -0.2) is 4.98 Å². The van der Waals surface area contributed by atoms with E-state index in [1.54, 1.807) is 0 Å². The zero-order valence-corrected chi connectivity index (χ0v) is 9.10. The molecule has 0 unspecified atom stereocenters. The van der Waals surface area contributed by atoms with Crippen molar-refractivity contribution in [3.8, 4) is 0 Å². The van der Waals surface area contributed by atoms with Crippen LogP contribution in [0.5, 0.6) is 0 Å². The number of hydrogen-bond acceptors (Lipinski definition) is 5. The fraction of sp³-hybridized carbons (Fsp3) is 0.625. The maximum absolute atomic E-state index is 11.2. The lowest BCUT2D eigenvalue weighted by atomic mass is 10.3. The van der Waals surface area contributed by atoms with Gasteiger partial charge in [-0.1, -0.05) is 0 Å². The second-order valence-electron chi connectivity index (χ2n) is 3.15. The molecular weight excluding hydrogens is 200 g/mol. The molecule has 14 heavy (non-hydrogen) atoms. The number of anilines is 1. The smallest absolute Gasteiger partial charge is 0.221 e. The van der Waals surface area contributed by atoms with E-state index in [0.717, 1.165) is 5.13 Å². The number of carbonyl (C=O) groups is 1. The molecule has 0 saturated carbocycles. The summed E-state index contributed by atoms with van der Waals surface area (Å²) in [5.41, 5.74) is 0. The molecule has 5 nitrogen and oxygen atoms in total. The third kappa shape index (κ3) is 4.18. The average Bonchev–Trinajstić information content (AvgIpc) is 2.55. The van der Waals surface area contributed by atoms with Crippen molar-refractivity contribution in [2.75, 3.05) is 11.9 Å². The van der Waals surface area contributed by atoms with E-state index in [-0.39, 0.29) is 11.9 Å². The van der Waals surface area contributed by atoms with Crippen LogP contribution in [0.2, 0.25) is 0 Å². The molecule has 0 aliphatic rings. The Bertz CT molecular complexity index is 273. The van der Waals surface area contributed by atoms with Gasteiger partial charge >= 0.3 is 0 Å². The number of aromatic nitrogens is 2. The van der Waals surface area contributed by atoms with E-state index in [4.69, 9.17) is 0 Å². The van der Waals surface area contributed by atoms with Gasteiger partial charge in [-0.05, 0) is 13.8 Å². The molecule has 0 aliphatic heterocycles. The Morgan fingerprint density at radius 2 is 2.43 bits per heavy atom. The molecular formula is C8H14N4OS. The third-order valence-electron chi connectivity index (χ3n) is 1.44. The van der Waals surface area contributed by atoms with Gasteiger partial charge in [0.2, 0.25) is 11.0 Å². The molecule has 1 rings (SSSR count). The molecule has 0 bridgehead atoms. The summed E-state index contributed by atoms with van der Waals surface area (Å²) >= 11 is 1.28. The van der Waals surface area contributed by atoms with E-state index in [1.807, 2.05) is 13.8 Å². The summed E-state index contributed by atoms with van der Waals surface area (Å²) in [4.78, 5) is 15.1. The van der Waals surface area contributed by atoms with Crippen LogP contribution in [0.15, 0.2) is 6.33 Å². The van der Waals surface area contributed by atoms with E-state index in [2.05, 4.69) is 20.0 Å². The maximum Gasteiger partial charge on any atom is 0.221 e. The molecule has 1 heterocycles. The predicted molar refractivity (Wildman–Crippen MR) is 56.3 cm³/mol. The van der Waals surface area contributed by atoms with Gasteiger partial charge in [-0.3, -0.25) is 4.79 Å².